The van der Waals surface area contributed by atoms with E-state index in [9.17, 15) is 22.8 Å². The molecule has 25 heavy (non-hydrogen) atoms. The number of aromatic amines is 1. The largest absolute Gasteiger partial charge is 0.457 e. The Hall–Kier alpha value is -2.81. The van der Waals surface area contributed by atoms with Gasteiger partial charge in [0.25, 0.3) is 0 Å². The molecule has 2 aromatic rings. The Kier molecular flexibility index (Phi) is 5.48. The fraction of sp³-hybridized carbons (Fsp3) is 0.308. The highest BCUT2D eigenvalue weighted by atomic mass is 32.2. The molecule has 8 nitrogen and oxygen atoms in total. The molecule has 0 fully saturated rings. The number of nitrogens with one attached hydrogen (secondary N) is 1. The number of aromatic nitrogens is 4. The molecule has 2 aromatic heterocycles. The van der Waals surface area contributed by atoms with Crippen LogP contribution in [0.3, 0.4) is 0 Å². The van der Waals surface area contributed by atoms with Gasteiger partial charge in [0.15, 0.2) is 12.4 Å². The number of esters is 1. The molecule has 0 saturated heterocycles. The van der Waals surface area contributed by atoms with Gasteiger partial charge >= 0.3 is 12.1 Å². The maximum atomic E-state index is 12.9. The number of hydrogen-bond donors (Lipinski definition) is 1. The number of ether oxygens (including phenoxy) is 1. The summed E-state index contributed by atoms with van der Waals surface area (Å²) in [6.45, 7) is -0.167. The highest BCUT2D eigenvalue weighted by Crippen LogP contribution is 2.34. The molecule has 0 bridgehead atoms. The Morgan fingerprint density at radius 2 is 2.24 bits per heavy atom. The molecule has 0 aliphatic rings. The molecule has 0 atom stereocenters. The van der Waals surface area contributed by atoms with Gasteiger partial charge in [-0.25, -0.2) is 0 Å². The smallest absolute Gasteiger partial charge is 0.417 e. The Bertz CT molecular complexity index is 884. The number of nitriles is 1. The van der Waals surface area contributed by atoms with Gasteiger partial charge in [-0.05, 0) is 0 Å². The zero-order valence-electron chi connectivity index (χ0n) is 12.6. The van der Waals surface area contributed by atoms with E-state index in [1.165, 1.54) is 17.0 Å². The minimum atomic E-state index is -4.86. The van der Waals surface area contributed by atoms with Crippen molar-refractivity contribution in [1.29, 1.82) is 5.26 Å². The van der Waals surface area contributed by atoms with Crippen LogP contribution in [0.1, 0.15) is 17.0 Å². The lowest BCUT2D eigenvalue weighted by atomic mass is 10.1. The van der Waals surface area contributed by atoms with E-state index < -0.39 is 34.6 Å². The number of alkyl halides is 3. The Balaban J connectivity index is 2.09. The van der Waals surface area contributed by atoms with Crippen LogP contribution in [0.5, 0.6) is 0 Å². The molecule has 0 unspecified atom stereocenters. The maximum Gasteiger partial charge on any atom is 0.417 e. The normalized spacial score (nSPS) is 11.2. The van der Waals surface area contributed by atoms with Crippen molar-refractivity contribution in [2.24, 2.45) is 7.05 Å². The van der Waals surface area contributed by atoms with Crippen molar-refractivity contribution in [2.45, 2.75) is 17.8 Å². The van der Waals surface area contributed by atoms with Gasteiger partial charge in [-0.1, -0.05) is 11.8 Å². The average molecular weight is 373 g/mol. The molecular formula is C13H10F3N5O3S. The monoisotopic (exact) mass is 373 g/mol. The van der Waals surface area contributed by atoms with Gasteiger partial charge in [0.2, 0.25) is 5.56 Å². The zero-order chi connectivity index (χ0) is 18.6. The van der Waals surface area contributed by atoms with Gasteiger partial charge in [0.1, 0.15) is 12.4 Å². The highest BCUT2D eigenvalue weighted by Gasteiger charge is 2.35. The van der Waals surface area contributed by atoms with Crippen molar-refractivity contribution in [3.05, 3.63) is 39.7 Å². The first-order valence-electron chi connectivity index (χ1n) is 6.58. The van der Waals surface area contributed by atoms with E-state index in [0.717, 1.165) is 0 Å². The van der Waals surface area contributed by atoms with Gasteiger partial charge in [0.05, 0.1) is 21.9 Å². The van der Waals surface area contributed by atoms with Gasteiger partial charge in [0, 0.05) is 13.1 Å². The predicted molar refractivity (Wildman–Crippen MR) is 78.3 cm³/mol. The number of nitrogens with zero attached hydrogens (tertiary/aromatic N) is 4. The molecule has 0 saturated carbocycles. The van der Waals surface area contributed by atoms with Crippen LogP contribution in [-0.2, 0) is 29.4 Å². The number of thioether (sulfide) groups is 1. The summed E-state index contributed by atoms with van der Waals surface area (Å²) >= 11 is 0.570. The molecule has 0 aliphatic heterocycles. The van der Waals surface area contributed by atoms with E-state index in [1.54, 1.807) is 7.05 Å². The van der Waals surface area contributed by atoms with Crippen LogP contribution in [0.4, 0.5) is 13.2 Å². The number of rotatable bonds is 5. The quantitative estimate of drug-likeness (QED) is 0.619. The summed E-state index contributed by atoms with van der Waals surface area (Å²) in [4.78, 5) is 25.2. The lowest BCUT2D eigenvalue weighted by molar-refractivity contribution is -0.142. The molecular weight excluding hydrogens is 363 g/mol. The van der Waals surface area contributed by atoms with E-state index in [2.05, 4.69) is 15.2 Å². The summed E-state index contributed by atoms with van der Waals surface area (Å²) in [5, 5.41) is 15.9. The summed E-state index contributed by atoms with van der Waals surface area (Å²) in [7, 11) is 1.64. The molecule has 0 spiro atoms. The van der Waals surface area contributed by atoms with E-state index >= 15 is 0 Å². The van der Waals surface area contributed by atoms with E-state index in [1.807, 2.05) is 0 Å². The van der Waals surface area contributed by atoms with Crippen LogP contribution in [-0.4, -0.2) is 31.5 Å². The number of aryl methyl sites for hydroxylation is 1. The molecule has 0 aromatic carbocycles. The first-order valence-corrected chi connectivity index (χ1v) is 7.57. The minimum Gasteiger partial charge on any atom is -0.457 e. The van der Waals surface area contributed by atoms with Crippen LogP contribution >= 0.6 is 11.8 Å². The number of pyridine rings is 1. The van der Waals surface area contributed by atoms with Crippen LogP contribution in [0.25, 0.3) is 0 Å². The Morgan fingerprint density at radius 1 is 1.52 bits per heavy atom. The summed E-state index contributed by atoms with van der Waals surface area (Å²) in [5.41, 5.74) is -3.13. The second-order valence-corrected chi connectivity index (χ2v) is 5.65. The molecule has 0 aliphatic carbocycles. The highest BCUT2D eigenvalue weighted by molar-refractivity contribution is 7.99. The Morgan fingerprint density at radius 3 is 2.80 bits per heavy atom. The van der Waals surface area contributed by atoms with Crippen LogP contribution in [0.15, 0.2) is 22.2 Å². The van der Waals surface area contributed by atoms with Crippen LogP contribution in [0.2, 0.25) is 0 Å². The van der Waals surface area contributed by atoms with Gasteiger partial charge in [-0.3, -0.25) is 9.59 Å². The molecule has 1 N–H and O–H groups in total. The predicted octanol–water partition coefficient (Wildman–Crippen LogP) is 1.23. The minimum absolute atomic E-state index is 0.167. The zero-order valence-corrected chi connectivity index (χ0v) is 13.4. The van der Waals surface area contributed by atoms with Crippen LogP contribution < -0.4 is 5.56 Å². The third kappa shape index (κ3) is 4.60. The topological polar surface area (TPSA) is 114 Å². The average Bonchev–Trinajstić information content (AvgIpc) is 2.94. The molecule has 12 heteroatoms. The van der Waals surface area contributed by atoms with Gasteiger partial charge in [-0.15, -0.1) is 10.2 Å². The van der Waals surface area contributed by atoms with E-state index in [-0.39, 0.29) is 11.6 Å². The third-order valence-corrected chi connectivity index (χ3v) is 3.90. The van der Waals surface area contributed by atoms with Crippen molar-refractivity contribution in [3.8, 4) is 6.07 Å². The molecule has 0 radical (unpaired) electrons. The number of hydrogen-bond acceptors (Lipinski definition) is 7. The second-order valence-electron chi connectivity index (χ2n) is 4.67. The number of halogens is 3. The summed E-state index contributed by atoms with van der Waals surface area (Å²) < 4.78 is 45.1. The number of carbonyl (C=O) groups is 1. The van der Waals surface area contributed by atoms with E-state index in [4.69, 9.17) is 10.00 Å². The van der Waals surface area contributed by atoms with Crippen molar-refractivity contribution >= 4 is 17.7 Å². The molecule has 132 valence electrons. The number of H-pyrrole nitrogens is 1. The van der Waals surface area contributed by atoms with E-state index in [0.29, 0.717) is 23.7 Å². The third-order valence-electron chi connectivity index (χ3n) is 2.93. The Labute approximate surface area is 142 Å². The standard InChI is InChI=1S/C13H10F3N5O3S/c1-21-6-18-20-9(21)4-24-11(23)5-25-12-7(3-17)8(13(14,15)16)2-10(22)19-12/h2,6H,4-5H2,1H3,(H,19,22). The molecule has 2 rings (SSSR count). The first kappa shape index (κ1) is 18.5. The second kappa shape index (κ2) is 7.39. The first-order chi connectivity index (χ1) is 11.7. The lowest BCUT2D eigenvalue weighted by Crippen LogP contribution is -2.17. The van der Waals surface area contributed by atoms with Crippen molar-refractivity contribution in [1.82, 2.24) is 19.7 Å². The molecule has 0 amide bonds. The van der Waals surface area contributed by atoms with Gasteiger partial charge < -0.3 is 14.3 Å². The summed E-state index contributed by atoms with van der Waals surface area (Å²) in [6, 6.07) is 1.70. The van der Waals surface area contributed by atoms with Crippen molar-refractivity contribution in [3.63, 3.8) is 0 Å². The van der Waals surface area contributed by atoms with Crippen LogP contribution in [0, 0.1) is 11.3 Å². The summed E-state index contributed by atoms with van der Waals surface area (Å²) in [5.74, 6) is -0.775. The van der Waals surface area contributed by atoms with Crippen molar-refractivity contribution < 1.29 is 22.7 Å². The fourth-order valence-corrected chi connectivity index (χ4v) is 2.55. The number of carbonyl (C=O) groups excluding carboxylic acids is 1. The fourth-order valence-electron chi connectivity index (χ4n) is 1.73. The molecule has 2 heterocycles. The lowest BCUT2D eigenvalue weighted by Gasteiger charge is -2.11. The SMILES string of the molecule is Cn1cnnc1COC(=O)CSc1[nH]c(=O)cc(C(F)(F)F)c1C#N. The summed E-state index contributed by atoms with van der Waals surface area (Å²) in [6.07, 6.45) is -3.45. The van der Waals surface area contributed by atoms with Crippen molar-refractivity contribution in [2.75, 3.05) is 5.75 Å². The van der Waals surface area contributed by atoms with Gasteiger partial charge in [-0.2, -0.15) is 18.4 Å². The maximum absolute atomic E-state index is 12.9.